The molecule has 0 spiro atoms. The van der Waals surface area contributed by atoms with Gasteiger partial charge in [0.25, 0.3) is 0 Å². The van der Waals surface area contributed by atoms with E-state index in [9.17, 15) is 4.79 Å². The second-order valence-electron chi connectivity index (χ2n) is 8.48. The van der Waals surface area contributed by atoms with Crippen LogP contribution in [-0.2, 0) is 16.0 Å². The number of piperazine rings is 1. The van der Waals surface area contributed by atoms with E-state index in [0.717, 1.165) is 58.0 Å². The number of amides is 1. The molecule has 0 aromatic heterocycles. The van der Waals surface area contributed by atoms with Crippen LogP contribution in [0, 0.1) is 0 Å². The zero-order valence-electron chi connectivity index (χ0n) is 17.9. The molecule has 0 saturated carbocycles. The molecule has 156 valence electrons. The topological polar surface area (TPSA) is 39.3 Å². The van der Waals surface area contributed by atoms with Crippen molar-refractivity contribution in [3.05, 3.63) is 29.8 Å². The highest BCUT2D eigenvalue weighted by atomic mass is 16.5. The molecule has 0 bridgehead atoms. The molecule has 0 N–H and O–H groups in total. The van der Waals surface area contributed by atoms with E-state index in [4.69, 9.17) is 4.74 Å². The first-order chi connectivity index (χ1) is 13.4. The normalized spacial score (nSPS) is 24.0. The van der Waals surface area contributed by atoms with Crippen molar-refractivity contribution in [1.29, 1.82) is 0 Å². The zero-order chi connectivity index (χ0) is 20.1. The molecule has 28 heavy (non-hydrogen) atoms. The minimum atomic E-state index is 0.241. The summed E-state index contributed by atoms with van der Waals surface area (Å²) in [5.41, 5.74) is 2.31. The van der Waals surface area contributed by atoms with Crippen molar-refractivity contribution in [3.63, 3.8) is 0 Å². The maximum absolute atomic E-state index is 12.9. The number of benzene rings is 1. The summed E-state index contributed by atoms with van der Waals surface area (Å²) < 4.78 is 5.42. The molecule has 6 nitrogen and oxygen atoms in total. The van der Waals surface area contributed by atoms with Crippen LogP contribution in [0.25, 0.3) is 0 Å². The van der Waals surface area contributed by atoms with E-state index >= 15 is 0 Å². The van der Waals surface area contributed by atoms with Gasteiger partial charge in [-0.3, -0.25) is 9.69 Å². The lowest BCUT2D eigenvalue weighted by Crippen LogP contribution is -2.59. The van der Waals surface area contributed by atoms with Crippen LogP contribution in [0.4, 0.5) is 5.69 Å². The molecule has 2 atom stereocenters. The number of rotatable bonds is 6. The number of carbonyl (C=O) groups excluding carboxylic acids is 1. The maximum Gasteiger partial charge on any atom is 0.227 e. The Morgan fingerprint density at radius 3 is 2.25 bits per heavy atom. The Bertz CT molecular complexity index is 616. The van der Waals surface area contributed by atoms with E-state index in [2.05, 4.69) is 71.8 Å². The standard InChI is InChI=1S/C22H36N4O2/c1-18-16-25(17-19(2)26(18)10-9-23(3)4)22(27)15-20-5-7-21(8-6-20)24-11-13-28-14-12-24/h5-8,18-19H,9-17H2,1-4H3. The van der Waals surface area contributed by atoms with Crippen LogP contribution in [-0.4, -0.2) is 99.3 Å². The first kappa shape index (κ1) is 21.1. The molecule has 2 aliphatic rings. The molecule has 0 radical (unpaired) electrons. The van der Waals surface area contributed by atoms with Gasteiger partial charge in [-0.1, -0.05) is 12.1 Å². The van der Waals surface area contributed by atoms with Crippen LogP contribution in [0.15, 0.2) is 24.3 Å². The lowest BCUT2D eigenvalue weighted by atomic mass is 10.1. The monoisotopic (exact) mass is 388 g/mol. The van der Waals surface area contributed by atoms with E-state index in [1.165, 1.54) is 5.69 Å². The summed E-state index contributed by atoms with van der Waals surface area (Å²) >= 11 is 0. The molecule has 6 heteroatoms. The first-order valence-corrected chi connectivity index (χ1v) is 10.5. The average Bonchev–Trinajstić information content (AvgIpc) is 2.68. The summed E-state index contributed by atoms with van der Waals surface area (Å²) in [5.74, 6) is 0.241. The van der Waals surface area contributed by atoms with Crippen molar-refractivity contribution >= 4 is 11.6 Å². The highest BCUT2D eigenvalue weighted by Crippen LogP contribution is 2.19. The molecule has 1 amide bonds. The van der Waals surface area contributed by atoms with Gasteiger partial charge in [0.2, 0.25) is 5.91 Å². The number of hydrogen-bond donors (Lipinski definition) is 0. The third kappa shape index (κ3) is 5.46. The number of likely N-dealkylation sites (N-methyl/N-ethyl adjacent to an activating group) is 1. The van der Waals surface area contributed by atoms with E-state index < -0.39 is 0 Å². The van der Waals surface area contributed by atoms with Crippen LogP contribution in [0.5, 0.6) is 0 Å². The number of carbonyl (C=O) groups is 1. The van der Waals surface area contributed by atoms with Crippen molar-refractivity contribution in [2.45, 2.75) is 32.4 Å². The third-order valence-corrected chi connectivity index (χ3v) is 5.93. The van der Waals surface area contributed by atoms with Crippen LogP contribution in [0.2, 0.25) is 0 Å². The Balaban J connectivity index is 1.53. The fourth-order valence-corrected chi connectivity index (χ4v) is 4.25. The summed E-state index contributed by atoms with van der Waals surface area (Å²) in [6.07, 6.45) is 0.487. The van der Waals surface area contributed by atoms with Crippen LogP contribution < -0.4 is 4.90 Å². The van der Waals surface area contributed by atoms with Gasteiger partial charge < -0.3 is 19.4 Å². The Hall–Kier alpha value is -1.63. The number of anilines is 1. The van der Waals surface area contributed by atoms with Gasteiger partial charge in [0.15, 0.2) is 0 Å². The van der Waals surface area contributed by atoms with Gasteiger partial charge in [0.1, 0.15) is 0 Å². The SMILES string of the molecule is CC1CN(C(=O)Cc2ccc(N3CCOCC3)cc2)CC(C)N1CCN(C)C. The van der Waals surface area contributed by atoms with E-state index in [1.54, 1.807) is 0 Å². The summed E-state index contributed by atoms with van der Waals surface area (Å²) in [5, 5.41) is 0. The Labute approximate surface area is 170 Å². The molecule has 2 heterocycles. The minimum absolute atomic E-state index is 0.241. The molecule has 1 aromatic carbocycles. The summed E-state index contributed by atoms with van der Waals surface area (Å²) in [4.78, 5) is 22.0. The van der Waals surface area contributed by atoms with E-state index in [-0.39, 0.29) is 5.91 Å². The van der Waals surface area contributed by atoms with Crippen LogP contribution in [0.3, 0.4) is 0 Å². The van der Waals surface area contributed by atoms with Crippen molar-refractivity contribution in [2.24, 2.45) is 0 Å². The predicted octanol–water partition coefficient (Wildman–Crippen LogP) is 1.55. The van der Waals surface area contributed by atoms with Gasteiger partial charge in [0.05, 0.1) is 19.6 Å². The number of nitrogens with zero attached hydrogens (tertiary/aromatic N) is 4. The minimum Gasteiger partial charge on any atom is -0.378 e. The molecule has 2 fully saturated rings. The molecule has 2 aliphatic heterocycles. The van der Waals surface area contributed by atoms with Crippen molar-refractivity contribution in [3.8, 4) is 0 Å². The molecule has 2 saturated heterocycles. The maximum atomic E-state index is 12.9. The fraction of sp³-hybridized carbons (Fsp3) is 0.682. The zero-order valence-corrected chi connectivity index (χ0v) is 17.9. The lowest BCUT2D eigenvalue weighted by Gasteiger charge is -2.45. The number of hydrogen-bond acceptors (Lipinski definition) is 5. The number of morpholine rings is 1. The van der Waals surface area contributed by atoms with Crippen molar-refractivity contribution in [2.75, 3.05) is 71.5 Å². The predicted molar refractivity (Wildman–Crippen MR) is 114 cm³/mol. The van der Waals surface area contributed by atoms with Crippen molar-refractivity contribution < 1.29 is 9.53 Å². The fourth-order valence-electron chi connectivity index (χ4n) is 4.25. The van der Waals surface area contributed by atoms with E-state index in [1.807, 2.05) is 0 Å². The Morgan fingerprint density at radius 1 is 1.07 bits per heavy atom. The smallest absolute Gasteiger partial charge is 0.227 e. The second-order valence-corrected chi connectivity index (χ2v) is 8.48. The quantitative estimate of drug-likeness (QED) is 0.739. The average molecular weight is 389 g/mol. The summed E-state index contributed by atoms with van der Waals surface area (Å²) in [7, 11) is 4.22. The largest absolute Gasteiger partial charge is 0.378 e. The molecule has 3 rings (SSSR count). The van der Waals surface area contributed by atoms with Gasteiger partial charge in [-0.25, -0.2) is 0 Å². The first-order valence-electron chi connectivity index (χ1n) is 10.5. The molecular weight excluding hydrogens is 352 g/mol. The number of ether oxygens (including phenoxy) is 1. The molecule has 2 unspecified atom stereocenters. The summed E-state index contributed by atoms with van der Waals surface area (Å²) in [6.45, 7) is 11.7. The highest BCUT2D eigenvalue weighted by molar-refractivity contribution is 5.79. The van der Waals surface area contributed by atoms with Crippen LogP contribution in [0.1, 0.15) is 19.4 Å². The molecule has 1 aromatic rings. The Morgan fingerprint density at radius 2 is 1.68 bits per heavy atom. The third-order valence-electron chi connectivity index (χ3n) is 5.93. The van der Waals surface area contributed by atoms with Gasteiger partial charge in [-0.2, -0.15) is 0 Å². The lowest BCUT2D eigenvalue weighted by molar-refractivity contribution is -0.134. The van der Waals surface area contributed by atoms with Gasteiger partial charge in [-0.05, 0) is 45.6 Å². The van der Waals surface area contributed by atoms with Gasteiger partial charge in [-0.15, -0.1) is 0 Å². The Kier molecular flexibility index (Phi) is 7.32. The molecule has 0 aliphatic carbocycles. The highest BCUT2D eigenvalue weighted by Gasteiger charge is 2.31. The van der Waals surface area contributed by atoms with E-state index in [0.29, 0.717) is 18.5 Å². The second kappa shape index (κ2) is 9.72. The molecular formula is C22H36N4O2. The van der Waals surface area contributed by atoms with Crippen LogP contribution >= 0.6 is 0 Å². The van der Waals surface area contributed by atoms with Crippen molar-refractivity contribution in [1.82, 2.24) is 14.7 Å². The summed E-state index contributed by atoms with van der Waals surface area (Å²) in [6, 6.07) is 9.27. The van der Waals surface area contributed by atoms with Gasteiger partial charge in [0, 0.05) is 57.0 Å². The van der Waals surface area contributed by atoms with Gasteiger partial charge >= 0.3 is 0 Å².